The minimum Gasteiger partial charge on any atom is -0.493 e. The van der Waals surface area contributed by atoms with Crippen molar-refractivity contribution in [3.05, 3.63) is 46.4 Å². The summed E-state index contributed by atoms with van der Waals surface area (Å²) in [7, 11) is 2.80. The van der Waals surface area contributed by atoms with Gasteiger partial charge in [0.15, 0.2) is 16.7 Å². The number of ether oxygens (including phenoxy) is 3. The first-order chi connectivity index (χ1) is 13.4. The van der Waals surface area contributed by atoms with Crippen LogP contribution in [-0.4, -0.2) is 44.1 Å². The van der Waals surface area contributed by atoms with Crippen LogP contribution in [0.1, 0.15) is 19.4 Å². The number of hydrogen-bond acceptors (Lipinski definition) is 8. The second-order valence-electron chi connectivity index (χ2n) is 5.74. The molecule has 0 unspecified atom stereocenters. The molecule has 1 fully saturated rings. The fraction of sp³-hybridized carbons (Fsp3) is 0.263. The number of thioether (sulfide) groups is 1. The number of benzene rings is 1. The maximum absolute atomic E-state index is 11.7. The van der Waals surface area contributed by atoms with Crippen LogP contribution in [0.25, 0.3) is 0 Å². The monoisotopic (exact) mass is 403 g/mol. The van der Waals surface area contributed by atoms with E-state index in [1.165, 1.54) is 18.9 Å². The maximum Gasteiger partial charge on any atom is 0.331 e. The number of carbonyl (C=O) groups excluding carboxylic acids is 2. The van der Waals surface area contributed by atoms with Crippen LogP contribution in [0.5, 0.6) is 11.5 Å². The van der Waals surface area contributed by atoms with E-state index in [2.05, 4.69) is 20.3 Å². The molecule has 1 amide bonds. The summed E-state index contributed by atoms with van der Waals surface area (Å²) in [6.45, 7) is 4.46. The van der Waals surface area contributed by atoms with Crippen LogP contribution in [0, 0.1) is 0 Å². The number of amidine groups is 1. The first kappa shape index (κ1) is 21.2. The summed E-state index contributed by atoms with van der Waals surface area (Å²) in [5.74, 6) is 0.163. The number of allylic oxidation sites excluding steroid dienone is 1. The lowest BCUT2D eigenvalue weighted by Crippen LogP contribution is -2.19. The van der Waals surface area contributed by atoms with E-state index in [0.717, 1.165) is 23.4 Å². The molecule has 1 aliphatic heterocycles. The molecule has 2 rings (SSSR count). The zero-order valence-corrected chi connectivity index (χ0v) is 16.8. The number of nitrogens with zero attached hydrogens (tertiary/aromatic N) is 2. The zero-order chi connectivity index (χ0) is 20.5. The fourth-order valence-corrected chi connectivity index (χ4v) is 2.71. The van der Waals surface area contributed by atoms with Crippen molar-refractivity contribution in [2.24, 2.45) is 10.2 Å². The lowest BCUT2D eigenvalue weighted by atomic mass is 10.2. The highest BCUT2D eigenvalue weighted by Gasteiger charge is 2.24. The first-order valence-electron chi connectivity index (χ1n) is 8.27. The fourth-order valence-electron chi connectivity index (χ4n) is 1.97. The summed E-state index contributed by atoms with van der Waals surface area (Å²) >= 11 is 1.00. The zero-order valence-electron chi connectivity index (χ0n) is 16.0. The van der Waals surface area contributed by atoms with Crippen molar-refractivity contribution < 1.29 is 23.8 Å². The molecule has 0 aromatic heterocycles. The molecule has 1 aromatic carbocycles. The summed E-state index contributed by atoms with van der Waals surface area (Å²) in [6.07, 6.45) is 4.59. The van der Waals surface area contributed by atoms with Gasteiger partial charge in [-0.2, -0.15) is 5.10 Å². The molecule has 0 aliphatic carbocycles. The molecule has 1 saturated heterocycles. The van der Waals surface area contributed by atoms with Crippen LogP contribution in [0.3, 0.4) is 0 Å². The van der Waals surface area contributed by atoms with Gasteiger partial charge >= 0.3 is 5.97 Å². The molecule has 0 bridgehead atoms. The number of rotatable bonds is 7. The Morgan fingerprint density at radius 1 is 1.25 bits per heavy atom. The number of carbonyl (C=O) groups is 2. The summed E-state index contributed by atoms with van der Waals surface area (Å²) in [5.41, 5.74) is 1.92. The number of hydrogen-bond donors (Lipinski definition) is 1. The highest BCUT2D eigenvalue weighted by Crippen LogP contribution is 2.28. The number of esters is 1. The standard InChI is InChI=1S/C19H21N3O5S/c1-12(2)7-8-27-14-6-5-13(9-15(14)25-3)11-20-22-19-21-18(24)16(28-19)10-17(23)26-4/h5-7,9-11H,8H2,1-4H3,(H,21,22,24)/b16-10+,20-11?. The van der Waals surface area contributed by atoms with Crippen molar-refractivity contribution in [1.82, 2.24) is 5.32 Å². The molecular weight excluding hydrogens is 382 g/mol. The molecule has 8 nitrogen and oxygen atoms in total. The van der Waals surface area contributed by atoms with Crippen molar-refractivity contribution in [2.45, 2.75) is 13.8 Å². The second-order valence-corrected chi connectivity index (χ2v) is 6.77. The van der Waals surface area contributed by atoms with E-state index >= 15 is 0 Å². The first-order valence-corrected chi connectivity index (χ1v) is 9.08. The molecule has 1 heterocycles. The van der Waals surface area contributed by atoms with E-state index in [0.29, 0.717) is 18.1 Å². The molecule has 9 heteroatoms. The van der Waals surface area contributed by atoms with E-state index in [1.807, 2.05) is 26.0 Å². The van der Waals surface area contributed by atoms with Gasteiger partial charge in [0.1, 0.15) is 6.61 Å². The van der Waals surface area contributed by atoms with Gasteiger partial charge in [-0.05, 0) is 55.4 Å². The predicted octanol–water partition coefficient (Wildman–Crippen LogP) is 2.65. The Kier molecular flexibility index (Phi) is 7.82. The van der Waals surface area contributed by atoms with E-state index < -0.39 is 11.9 Å². The SMILES string of the molecule is COC(=O)/C=C1/S/C(=N\N=Cc2ccc(OCC=C(C)C)c(OC)c2)NC1=O. The number of methoxy groups -OCH3 is 2. The van der Waals surface area contributed by atoms with Gasteiger partial charge < -0.3 is 14.2 Å². The van der Waals surface area contributed by atoms with Crippen molar-refractivity contribution in [3.63, 3.8) is 0 Å². The summed E-state index contributed by atoms with van der Waals surface area (Å²) in [6, 6.07) is 5.37. The lowest BCUT2D eigenvalue weighted by molar-refractivity contribution is -0.135. The second kappa shape index (κ2) is 10.3. The van der Waals surface area contributed by atoms with Crippen LogP contribution in [0.4, 0.5) is 0 Å². The van der Waals surface area contributed by atoms with Gasteiger partial charge in [0.05, 0.1) is 25.3 Å². The third kappa shape index (κ3) is 6.27. The Hall–Kier alpha value is -3.07. The van der Waals surface area contributed by atoms with Crippen LogP contribution < -0.4 is 14.8 Å². The van der Waals surface area contributed by atoms with Gasteiger partial charge in [0.25, 0.3) is 5.91 Å². The average molecular weight is 403 g/mol. The van der Waals surface area contributed by atoms with Crippen LogP contribution >= 0.6 is 11.8 Å². The normalized spacial score (nSPS) is 16.4. The van der Waals surface area contributed by atoms with Crippen molar-refractivity contribution in [1.29, 1.82) is 0 Å². The minimum atomic E-state index is -0.610. The average Bonchev–Trinajstić information content (AvgIpc) is 3.01. The smallest absolute Gasteiger partial charge is 0.331 e. The van der Waals surface area contributed by atoms with Crippen molar-refractivity contribution in [3.8, 4) is 11.5 Å². The topological polar surface area (TPSA) is 98.6 Å². The Morgan fingerprint density at radius 2 is 2.04 bits per heavy atom. The third-order valence-electron chi connectivity index (χ3n) is 3.37. The van der Waals surface area contributed by atoms with Gasteiger partial charge in [-0.25, -0.2) is 4.79 Å². The Balaban J connectivity index is 2.05. The predicted molar refractivity (Wildman–Crippen MR) is 109 cm³/mol. The molecule has 0 radical (unpaired) electrons. The quantitative estimate of drug-likeness (QED) is 0.247. The van der Waals surface area contributed by atoms with Gasteiger partial charge in [-0.1, -0.05) is 5.57 Å². The minimum absolute atomic E-state index is 0.195. The van der Waals surface area contributed by atoms with Gasteiger partial charge in [0.2, 0.25) is 0 Å². The molecule has 1 N–H and O–H groups in total. The Morgan fingerprint density at radius 3 is 2.71 bits per heavy atom. The van der Waals surface area contributed by atoms with Crippen LogP contribution in [0.2, 0.25) is 0 Å². The van der Waals surface area contributed by atoms with Crippen molar-refractivity contribution in [2.75, 3.05) is 20.8 Å². The molecule has 0 spiro atoms. The summed E-state index contributed by atoms with van der Waals surface area (Å²) < 4.78 is 15.5. The number of nitrogens with one attached hydrogen (secondary N) is 1. The van der Waals surface area contributed by atoms with E-state index in [1.54, 1.807) is 19.2 Å². The van der Waals surface area contributed by atoms with Gasteiger partial charge in [-0.15, -0.1) is 5.10 Å². The maximum atomic E-state index is 11.7. The van der Waals surface area contributed by atoms with Gasteiger partial charge in [0, 0.05) is 6.08 Å². The molecule has 148 valence electrons. The Bertz CT molecular complexity index is 870. The highest BCUT2D eigenvalue weighted by molar-refractivity contribution is 8.18. The molecular formula is C19H21N3O5S. The summed E-state index contributed by atoms with van der Waals surface area (Å²) in [4.78, 5) is 23.2. The lowest BCUT2D eigenvalue weighted by Gasteiger charge is -2.09. The molecule has 1 aliphatic rings. The Labute approximate surface area is 167 Å². The van der Waals surface area contributed by atoms with Crippen LogP contribution in [-0.2, 0) is 14.3 Å². The largest absolute Gasteiger partial charge is 0.493 e. The number of amides is 1. The summed E-state index contributed by atoms with van der Waals surface area (Å²) in [5, 5.41) is 10.7. The van der Waals surface area contributed by atoms with E-state index in [-0.39, 0.29) is 10.1 Å². The third-order valence-corrected chi connectivity index (χ3v) is 4.27. The van der Waals surface area contributed by atoms with Crippen molar-refractivity contribution >= 4 is 35.0 Å². The molecule has 0 atom stereocenters. The molecule has 1 aromatic rings. The van der Waals surface area contributed by atoms with E-state index in [4.69, 9.17) is 9.47 Å². The van der Waals surface area contributed by atoms with Gasteiger partial charge in [-0.3, -0.25) is 10.1 Å². The molecule has 28 heavy (non-hydrogen) atoms. The van der Waals surface area contributed by atoms with Crippen LogP contribution in [0.15, 0.2) is 51.0 Å². The van der Waals surface area contributed by atoms with E-state index in [9.17, 15) is 9.59 Å². The molecule has 0 saturated carbocycles. The highest BCUT2D eigenvalue weighted by atomic mass is 32.2.